The summed E-state index contributed by atoms with van der Waals surface area (Å²) in [6.07, 6.45) is 0. The zero-order valence-corrected chi connectivity index (χ0v) is 12.4. The first-order valence-electron chi connectivity index (χ1n) is 5.74. The molecule has 0 bridgehead atoms. The van der Waals surface area contributed by atoms with Crippen molar-refractivity contribution in [3.05, 3.63) is 29.8 Å². The average molecular weight is 323 g/mol. The van der Waals surface area contributed by atoms with Crippen LogP contribution in [0.4, 0.5) is 0 Å². The fraction of sp³-hybridized carbons (Fsp3) is 0.417. The van der Waals surface area contributed by atoms with Gasteiger partial charge in [0.15, 0.2) is 0 Å². The molecular formula is C12H15ClO6S. The van der Waals surface area contributed by atoms with Crippen molar-refractivity contribution in [2.24, 2.45) is 0 Å². The van der Waals surface area contributed by atoms with Crippen molar-refractivity contribution in [2.75, 3.05) is 32.7 Å². The van der Waals surface area contributed by atoms with E-state index in [9.17, 15) is 13.2 Å². The molecule has 0 fully saturated rings. The second-order valence-electron chi connectivity index (χ2n) is 3.69. The Morgan fingerprint density at radius 1 is 1.20 bits per heavy atom. The van der Waals surface area contributed by atoms with Crippen LogP contribution in [0.1, 0.15) is 10.4 Å². The first-order chi connectivity index (χ1) is 9.44. The van der Waals surface area contributed by atoms with Gasteiger partial charge in [0.2, 0.25) is 9.05 Å². The highest BCUT2D eigenvalue weighted by Crippen LogP contribution is 2.18. The van der Waals surface area contributed by atoms with Crippen molar-refractivity contribution in [3.8, 4) is 5.75 Å². The minimum absolute atomic E-state index is 0.00611. The number of hydrogen-bond donors (Lipinski definition) is 0. The number of benzene rings is 1. The van der Waals surface area contributed by atoms with E-state index < -0.39 is 15.0 Å². The number of rotatable bonds is 8. The normalized spacial score (nSPS) is 11.1. The van der Waals surface area contributed by atoms with Crippen LogP contribution in [0.2, 0.25) is 0 Å². The van der Waals surface area contributed by atoms with E-state index >= 15 is 0 Å². The summed E-state index contributed by atoms with van der Waals surface area (Å²) in [5.41, 5.74) is 0.318. The van der Waals surface area contributed by atoms with Gasteiger partial charge in [-0.25, -0.2) is 13.2 Å². The molecule has 0 aliphatic carbocycles. The van der Waals surface area contributed by atoms with Crippen molar-refractivity contribution >= 4 is 25.7 Å². The van der Waals surface area contributed by atoms with Crippen LogP contribution in [0.3, 0.4) is 0 Å². The van der Waals surface area contributed by atoms with Crippen LogP contribution in [-0.4, -0.2) is 47.1 Å². The zero-order chi connectivity index (χ0) is 15.0. The van der Waals surface area contributed by atoms with Gasteiger partial charge in [-0.1, -0.05) is 12.1 Å². The van der Waals surface area contributed by atoms with E-state index in [0.717, 1.165) is 0 Å². The molecule has 0 aliphatic heterocycles. The molecule has 0 amide bonds. The average Bonchev–Trinajstić information content (AvgIpc) is 2.41. The third kappa shape index (κ3) is 6.23. The summed E-state index contributed by atoms with van der Waals surface area (Å²) >= 11 is 0. The van der Waals surface area contributed by atoms with Crippen molar-refractivity contribution in [1.29, 1.82) is 0 Å². The highest BCUT2D eigenvalue weighted by atomic mass is 35.7. The smallest absolute Gasteiger partial charge is 0.341 e. The molecule has 8 heteroatoms. The van der Waals surface area contributed by atoms with Crippen molar-refractivity contribution in [2.45, 2.75) is 0 Å². The molecule has 0 saturated heterocycles. The fourth-order valence-electron chi connectivity index (χ4n) is 1.34. The fourth-order valence-corrected chi connectivity index (χ4v) is 1.85. The summed E-state index contributed by atoms with van der Waals surface area (Å²) < 4.78 is 36.3. The number of carbonyl (C=O) groups excluding carboxylic acids is 1. The van der Waals surface area contributed by atoms with E-state index in [1.54, 1.807) is 24.3 Å². The molecule has 20 heavy (non-hydrogen) atoms. The van der Waals surface area contributed by atoms with Gasteiger partial charge in [-0.05, 0) is 12.1 Å². The van der Waals surface area contributed by atoms with Crippen LogP contribution in [0.15, 0.2) is 24.3 Å². The van der Waals surface area contributed by atoms with E-state index in [1.807, 2.05) is 0 Å². The van der Waals surface area contributed by atoms with Gasteiger partial charge in [-0.15, -0.1) is 0 Å². The van der Waals surface area contributed by atoms with Gasteiger partial charge in [0, 0.05) is 10.7 Å². The molecule has 6 nitrogen and oxygen atoms in total. The van der Waals surface area contributed by atoms with Crippen LogP contribution < -0.4 is 4.74 Å². The van der Waals surface area contributed by atoms with E-state index in [-0.39, 0.29) is 25.6 Å². The van der Waals surface area contributed by atoms with Crippen molar-refractivity contribution in [1.82, 2.24) is 0 Å². The van der Waals surface area contributed by atoms with Gasteiger partial charge < -0.3 is 14.2 Å². The summed E-state index contributed by atoms with van der Waals surface area (Å²) in [6.45, 7) is 0.353. The van der Waals surface area contributed by atoms with Gasteiger partial charge >= 0.3 is 5.97 Å². The first kappa shape index (κ1) is 16.7. The summed E-state index contributed by atoms with van der Waals surface area (Å²) in [6, 6.07) is 6.64. The Morgan fingerprint density at radius 2 is 1.90 bits per heavy atom. The number of hydrogen-bond acceptors (Lipinski definition) is 6. The molecular weight excluding hydrogens is 308 g/mol. The number of methoxy groups -OCH3 is 1. The molecule has 0 saturated carbocycles. The first-order valence-corrected chi connectivity index (χ1v) is 8.22. The third-order valence-corrected chi connectivity index (χ3v) is 3.37. The van der Waals surface area contributed by atoms with Gasteiger partial charge in [0.05, 0.1) is 26.1 Å². The quantitative estimate of drug-likeness (QED) is 0.409. The third-order valence-electron chi connectivity index (χ3n) is 2.25. The number of esters is 1. The molecule has 0 aromatic heterocycles. The Morgan fingerprint density at radius 3 is 2.55 bits per heavy atom. The molecule has 0 spiro atoms. The largest absolute Gasteiger partial charge is 0.490 e. The topological polar surface area (TPSA) is 78.9 Å². The van der Waals surface area contributed by atoms with Gasteiger partial charge in [-0.3, -0.25) is 0 Å². The van der Waals surface area contributed by atoms with Crippen LogP contribution in [-0.2, 0) is 18.5 Å². The lowest BCUT2D eigenvalue weighted by Gasteiger charge is -2.10. The second-order valence-corrected chi connectivity index (χ2v) is 6.59. The molecule has 0 heterocycles. The van der Waals surface area contributed by atoms with Crippen molar-refractivity contribution in [3.63, 3.8) is 0 Å². The van der Waals surface area contributed by atoms with Gasteiger partial charge in [0.25, 0.3) is 0 Å². The molecule has 1 aromatic carbocycles. The highest BCUT2D eigenvalue weighted by molar-refractivity contribution is 8.13. The molecule has 0 atom stereocenters. The predicted octanol–water partition coefficient (Wildman–Crippen LogP) is 1.44. The molecule has 0 radical (unpaired) electrons. The minimum Gasteiger partial charge on any atom is -0.490 e. The molecule has 1 aromatic rings. The molecule has 0 unspecified atom stereocenters. The monoisotopic (exact) mass is 322 g/mol. The van der Waals surface area contributed by atoms with Gasteiger partial charge in [0.1, 0.15) is 17.9 Å². The Labute approximate surface area is 122 Å². The number of carbonyl (C=O) groups is 1. The Kier molecular flexibility index (Phi) is 6.77. The minimum atomic E-state index is -3.54. The van der Waals surface area contributed by atoms with Gasteiger partial charge in [-0.2, -0.15) is 0 Å². The summed E-state index contributed by atoms with van der Waals surface area (Å²) in [4.78, 5) is 11.5. The molecule has 1 rings (SSSR count). The van der Waals surface area contributed by atoms with E-state index in [2.05, 4.69) is 4.74 Å². The van der Waals surface area contributed by atoms with Crippen LogP contribution in [0, 0.1) is 0 Å². The maximum atomic E-state index is 11.5. The standard InChI is InChI=1S/C12H15ClO6S/c1-17-12(14)10-4-2-3-5-11(10)19-7-6-18-8-9-20(13,15)16/h2-5H,6-9H2,1H3. The predicted molar refractivity (Wildman–Crippen MR) is 73.7 cm³/mol. The van der Waals surface area contributed by atoms with E-state index in [1.165, 1.54) is 7.11 Å². The van der Waals surface area contributed by atoms with E-state index in [0.29, 0.717) is 11.3 Å². The second kappa shape index (κ2) is 8.08. The van der Waals surface area contributed by atoms with Crippen molar-refractivity contribution < 1.29 is 27.4 Å². The number of ether oxygens (including phenoxy) is 3. The Bertz CT molecular complexity index is 543. The Hall–Kier alpha value is -1.31. The summed E-state index contributed by atoms with van der Waals surface area (Å²) in [5.74, 6) is -0.365. The highest BCUT2D eigenvalue weighted by Gasteiger charge is 2.11. The SMILES string of the molecule is COC(=O)c1ccccc1OCCOCCS(=O)(=O)Cl. The Balaban J connectivity index is 2.37. The van der Waals surface area contributed by atoms with Crippen LogP contribution in [0.25, 0.3) is 0 Å². The lowest BCUT2D eigenvalue weighted by atomic mass is 10.2. The number of halogens is 1. The number of para-hydroxylation sites is 1. The van der Waals surface area contributed by atoms with Crippen LogP contribution >= 0.6 is 10.7 Å². The van der Waals surface area contributed by atoms with Crippen LogP contribution in [0.5, 0.6) is 5.75 Å². The molecule has 0 aliphatic rings. The maximum absolute atomic E-state index is 11.5. The van der Waals surface area contributed by atoms with E-state index in [4.69, 9.17) is 20.2 Å². The lowest BCUT2D eigenvalue weighted by Crippen LogP contribution is -2.13. The molecule has 0 N–H and O–H groups in total. The lowest BCUT2D eigenvalue weighted by molar-refractivity contribution is 0.0592. The zero-order valence-electron chi connectivity index (χ0n) is 10.9. The summed E-state index contributed by atoms with van der Waals surface area (Å²) in [5, 5.41) is 0. The summed E-state index contributed by atoms with van der Waals surface area (Å²) in [7, 11) is 2.77. The molecule has 112 valence electrons. The maximum Gasteiger partial charge on any atom is 0.341 e.